The predicted molar refractivity (Wildman–Crippen MR) is 71.0 cm³/mol. The Kier molecular flexibility index (Phi) is 2.98. The third-order valence-electron chi connectivity index (χ3n) is 2.88. The van der Waals surface area contributed by atoms with Crippen molar-refractivity contribution in [3.8, 4) is 0 Å². The number of rotatable bonds is 3. The van der Waals surface area contributed by atoms with Crippen LogP contribution in [-0.4, -0.2) is 20.7 Å². The zero-order valence-corrected chi connectivity index (χ0v) is 11.1. The summed E-state index contributed by atoms with van der Waals surface area (Å²) in [7, 11) is 1.74. The largest absolute Gasteiger partial charge is 0.449 e. The molecule has 0 amide bonds. The van der Waals surface area contributed by atoms with E-state index in [1.165, 1.54) is 6.20 Å². The summed E-state index contributed by atoms with van der Waals surface area (Å²) in [6.07, 6.45) is 2.50. The number of esters is 1. The van der Waals surface area contributed by atoms with Gasteiger partial charge in [0.1, 0.15) is 5.52 Å². The van der Waals surface area contributed by atoms with E-state index in [0.717, 1.165) is 5.52 Å². The predicted octanol–water partition coefficient (Wildman–Crippen LogP) is 2.48. The maximum atomic E-state index is 11.9. The van der Waals surface area contributed by atoms with Gasteiger partial charge in [0.25, 0.3) is 0 Å². The number of hydrogen-bond acceptors (Lipinski definition) is 5. The van der Waals surface area contributed by atoms with E-state index in [4.69, 9.17) is 9.15 Å². The van der Waals surface area contributed by atoms with Crippen LogP contribution in [0.2, 0.25) is 0 Å². The molecule has 2 heterocycles. The highest BCUT2D eigenvalue weighted by Crippen LogP contribution is 2.22. The number of carbonyl (C=O) groups excluding carboxylic acids is 1. The van der Waals surface area contributed by atoms with E-state index in [1.807, 2.05) is 24.3 Å². The lowest BCUT2D eigenvalue weighted by Gasteiger charge is -2.08. The second kappa shape index (κ2) is 4.80. The van der Waals surface area contributed by atoms with Crippen LogP contribution in [-0.2, 0) is 11.8 Å². The molecule has 0 radical (unpaired) electrons. The number of ether oxygens (including phenoxy) is 1. The first-order valence-electron chi connectivity index (χ1n) is 6.18. The van der Waals surface area contributed by atoms with Crippen molar-refractivity contribution >= 4 is 17.1 Å². The van der Waals surface area contributed by atoms with Gasteiger partial charge in [-0.25, -0.2) is 9.78 Å². The van der Waals surface area contributed by atoms with Gasteiger partial charge in [-0.3, -0.25) is 4.68 Å². The second-order valence-electron chi connectivity index (χ2n) is 4.47. The summed E-state index contributed by atoms with van der Waals surface area (Å²) >= 11 is 0. The monoisotopic (exact) mass is 271 g/mol. The molecular formula is C14H13N3O3. The molecule has 1 atom stereocenters. The first-order chi connectivity index (χ1) is 9.63. The molecule has 0 saturated carbocycles. The Balaban J connectivity index is 1.78. The topological polar surface area (TPSA) is 70.2 Å². The highest BCUT2D eigenvalue weighted by Gasteiger charge is 2.19. The van der Waals surface area contributed by atoms with Crippen molar-refractivity contribution in [2.24, 2.45) is 7.05 Å². The molecule has 6 nitrogen and oxygen atoms in total. The molecule has 3 aromatic rings. The molecule has 0 aliphatic heterocycles. The first-order valence-corrected chi connectivity index (χ1v) is 6.18. The maximum Gasteiger partial charge on any atom is 0.342 e. The molecule has 2 aromatic heterocycles. The summed E-state index contributed by atoms with van der Waals surface area (Å²) in [4.78, 5) is 16.2. The van der Waals surface area contributed by atoms with Gasteiger partial charge in [-0.1, -0.05) is 12.1 Å². The number of aryl methyl sites for hydroxylation is 1. The van der Waals surface area contributed by atoms with Crippen molar-refractivity contribution in [3.63, 3.8) is 0 Å². The molecule has 0 saturated heterocycles. The van der Waals surface area contributed by atoms with E-state index in [1.54, 1.807) is 24.9 Å². The number of hydrogen-bond donors (Lipinski definition) is 0. The van der Waals surface area contributed by atoms with Gasteiger partial charge in [0.05, 0.1) is 11.8 Å². The minimum Gasteiger partial charge on any atom is -0.449 e. The summed E-state index contributed by atoms with van der Waals surface area (Å²) in [6.45, 7) is 1.72. The Labute approximate surface area is 115 Å². The van der Waals surface area contributed by atoms with E-state index in [0.29, 0.717) is 17.0 Å². The second-order valence-corrected chi connectivity index (χ2v) is 4.47. The lowest BCUT2D eigenvalue weighted by Crippen LogP contribution is -2.08. The summed E-state index contributed by atoms with van der Waals surface area (Å²) in [5, 5.41) is 3.93. The fourth-order valence-electron chi connectivity index (χ4n) is 1.87. The molecule has 0 bridgehead atoms. The maximum absolute atomic E-state index is 11.9. The van der Waals surface area contributed by atoms with Crippen LogP contribution < -0.4 is 0 Å². The summed E-state index contributed by atoms with van der Waals surface area (Å²) in [6, 6.07) is 7.41. The third-order valence-corrected chi connectivity index (χ3v) is 2.88. The van der Waals surface area contributed by atoms with Gasteiger partial charge < -0.3 is 9.15 Å². The smallest absolute Gasteiger partial charge is 0.342 e. The molecule has 0 unspecified atom stereocenters. The Morgan fingerprint density at radius 1 is 1.40 bits per heavy atom. The van der Waals surface area contributed by atoms with Gasteiger partial charge in [0.15, 0.2) is 11.7 Å². The average Bonchev–Trinajstić information content (AvgIpc) is 3.04. The van der Waals surface area contributed by atoms with Gasteiger partial charge >= 0.3 is 5.97 Å². The van der Waals surface area contributed by atoms with E-state index < -0.39 is 12.1 Å². The van der Waals surface area contributed by atoms with Crippen molar-refractivity contribution in [1.29, 1.82) is 0 Å². The van der Waals surface area contributed by atoms with Crippen LogP contribution in [0.3, 0.4) is 0 Å². The summed E-state index contributed by atoms with van der Waals surface area (Å²) in [5.74, 6) is -0.0729. The number of nitrogens with zero attached hydrogens (tertiary/aromatic N) is 3. The fourth-order valence-corrected chi connectivity index (χ4v) is 1.87. The lowest BCUT2D eigenvalue weighted by atomic mass is 10.3. The van der Waals surface area contributed by atoms with Crippen molar-refractivity contribution in [2.75, 3.05) is 0 Å². The molecular weight excluding hydrogens is 258 g/mol. The van der Waals surface area contributed by atoms with Crippen molar-refractivity contribution < 1.29 is 13.9 Å². The van der Waals surface area contributed by atoms with Crippen LogP contribution in [0, 0.1) is 0 Å². The number of fused-ring (bicyclic) bond motifs is 1. The highest BCUT2D eigenvalue weighted by atomic mass is 16.6. The number of para-hydroxylation sites is 2. The van der Waals surface area contributed by atoms with E-state index >= 15 is 0 Å². The molecule has 0 N–H and O–H groups in total. The number of benzene rings is 1. The van der Waals surface area contributed by atoms with E-state index in [-0.39, 0.29) is 0 Å². The van der Waals surface area contributed by atoms with Crippen molar-refractivity contribution in [1.82, 2.24) is 14.8 Å². The molecule has 6 heteroatoms. The number of aromatic nitrogens is 3. The van der Waals surface area contributed by atoms with Gasteiger partial charge in [-0.05, 0) is 19.1 Å². The van der Waals surface area contributed by atoms with Crippen LogP contribution in [0.4, 0.5) is 0 Å². The van der Waals surface area contributed by atoms with E-state index in [2.05, 4.69) is 10.1 Å². The van der Waals surface area contributed by atoms with Crippen molar-refractivity contribution in [2.45, 2.75) is 13.0 Å². The molecule has 0 aliphatic carbocycles. The number of oxazole rings is 1. The SMILES string of the molecule is C[C@H](OC(=O)c1cnn(C)c1)c1nc2ccccc2o1. The highest BCUT2D eigenvalue weighted by molar-refractivity contribution is 5.88. The molecule has 0 aliphatic rings. The summed E-state index contributed by atoms with van der Waals surface area (Å²) in [5.41, 5.74) is 1.81. The number of carbonyl (C=O) groups is 1. The Morgan fingerprint density at radius 2 is 2.20 bits per heavy atom. The third kappa shape index (κ3) is 2.27. The molecule has 0 fully saturated rings. The van der Waals surface area contributed by atoms with Crippen molar-refractivity contribution in [3.05, 3.63) is 48.1 Å². The standard InChI is InChI=1S/C14H13N3O3/c1-9(19-14(18)10-7-15-17(2)8-10)13-16-11-5-3-4-6-12(11)20-13/h3-9H,1-2H3/t9-/m0/s1. The minimum absolute atomic E-state index is 0.378. The van der Waals surface area contributed by atoms with Gasteiger partial charge in [-0.15, -0.1) is 0 Å². The van der Waals surface area contributed by atoms with Gasteiger partial charge in [0, 0.05) is 13.2 Å². The lowest BCUT2D eigenvalue weighted by molar-refractivity contribution is 0.0282. The summed E-state index contributed by atoms with van der Waals surface area (Å²) < 4.78 is 12.4. The average molecular weight is 271 g/mol. The van der Waals surface area contributed by atoms with Crippen LogP contribution in [0.5, 0.6) is 0 Å². The van der Waals surface area contributed by atoms with Crippen LogP contribution in [0.15, 0.2) is 41.1 Å². The van der Waals surface area contributed by atoms with E-state index in [9.17, 15) is 4.79 Å². The van der Waals surface area contributed by atoms with Gasteiger partial charge in [-0.2, -0.15) is 5.10 Å². The van der Waals surface area contributed by atoms with Crippen LogP contribution in [0.1, 0.15) is 29.3 Å². The van der Waals surface area contributed by atoms with Crippen LogP contribution >= 0.6 is 0 Å². The molecule has 1 aromatic carbocycles. The Morgan fingerprint density at radius 3 is 2.90 bits per heavy atom. The van der Waals surface area contributed by atoms with Gasteiger partial charge in [0.2, 0.25) is 5.89 Å². The Hall–Kier alpha value is -2.63. The first kappa shape index (κ1) is 12.4. The van der Waals surface area contributed by atoms with Crippen LogP contribution in [0.25, 0.3) is 11.1 Å². The minimum atomic E-state index is -0.560. The molecule has 20 heavy (non-hydrogen) atoms. The quantitative estimate of drug-likeness (QED) is 0.684. The fraction of sp³-hybridized carbons (Fsp3) is 0.214. The normalized spacial score (nSPS) is 12.5. The molecule has 102 valence electrons. The molecule has 0 spiro atoms. The zero-order valence-electron chi connectivity index (χ0n) is 11.1. The zero-order chi connectivity index (χ0) is 14.1. The molecule has 3 rings (SSSR count). The Bertz CT molecular complexity index is 727.